The molecule has 0 amide bonds. The van der Waals surface area contributed by atoms with Gasteiger partial charge in [-0.25, -0.2) is 9.97 Å². The highest BCUT2D eigenvalue weighted by atomic mass is 32.2. The monoisotopic (exact) mass is 325 g/mol. The minimum Gasteiger partial charge on any atom is -0.316 e. The van der Waals surface area contributed by atoms with Crippen molar-refractivity contribution in [2.75, 3.05) is 24.6 Å². The first kappa shape index (κ1) is 17.1. The van der Waals surface area contributed by atoms with E-state index in [0.717, 1.165) is 25.3 Å². The second-order valence-electron chi connectivity index (χ2n) is 5.60. The zero-order valence-corrected chi connectivity index (χ0v) is 15.2. The summed E-state index contributed by atoms with van der Waals surface area (Å²) < 4.78 is 0. The Hall–Kier alpha value is -0.260. The fourth-order valence-corrected chi connectivity index (χ4v) is 5.38. The van der Waals surface area contributed by atoms with E-state index >= 15 is 0 Å². The second kappa shape index (κ2) is 8.39. The Morgan fingerprint density at radius 3 is 2.38 bits per heavy atom. The third-order valence-corrected chi connectivity index (χ3v) is 6.95. The fourth-order valence-electron chi connectivity index (χ4n) is 2.69. The summed E-state index contributed by atoms with van der Waals surface area (Å²) >= 11 is 4.06. The van der Waals surface area contributed by atoms with Crippen LogP contribution < -0.4 is 5.32 Å². The van der Waals surface area contributed by atoms with E-state index < -0.39 is 0 Å². The molecule has 0 bridgehead atoms. The van der Waals surface area contributed by atoms with Crippen LogP contribution in [0.3, 0.4) is 0 Å². The molecule has 1 N–H and O–H groups in total. The van der Waals surface area contributed by atoms with Crippen molar-refractivity contribution in [1.29, 1.82) is 0 Å². The maximum Gasteiger partial charge on any atom is 0.142 e. The molecule has 1 aromatic rings. The molecule has 5 heteroatoms. The van der Waals surface area contributed by atoms with E-state index in [-0.39, 0.29) is 0 Å². The van der Waals surface area contributed by atoms with Gasteiger partial charge >= 0.3 is 0 Å². The lowest BCUT2D eigenvalue weighted by Crippen LogP contribution is -2.21. The lowest BCUT2D eigenvalue weighted by molar-refractivity contribution is 0.663. The minimum absolute atomic E-state index is 0.452. The summed E-state index contributed by atoms with van der Waals surface area (Å²) in [4.78, 5) is 9.67. The zero-order valence-electron chi connectivity index (χ0n) is 13.6. The Kier molecular flexibility index (Phi) is 6.83. The third-order valence-electron chi connectivity index (χ3n) is 3.86. The van der Waals surface area contributed by atoms with E-state index in [1.165, 1.54) is 34.9 Å². The van der Waals surface area contributed by atoms with Crippen molar-refractivity contribution >= 4 is 23.5 Å². The molecule has 2 atom stereocenters. The minimum atomic E-state index is 0.452. The summed E-state index contributed by atoms with van der Waals surface area (Å²) in [6.07, 6.45) is 2.21. The Balaban J connectivity index is 2.09. The molecule has 0 aromatic carbocycles. The second-order valence-corrected chi connectivity index (χ2v) is 8.33. The van der Waals surface area contributed by atoms with Crippen LogP contribution in [-0.2, 0) is 6.42 Å². The van der Waals surface area contributed by atoms with Crippen LogP contribution in [0.4, 0.5) is 0 Å². The van der Waals surface area contributed by atoms with Gasteiger partial charge in [-0.15, -0.1) is 11.8 Å². The number of aromatic nitrogens is 2. The summed E-state index contributed by atoms with van der Waals surface area (Å²) in [5.41, 5.74) is 3.65. The van der Waals surface area contributed by atoms with Gasteiger partial charge in [0.2, 0.25) is 0 Å². The van der Waals surface area contributed by atoms with Gasteiger partial charge in [-0.3, -0.25) is 0 Å². The first-order valence-corrected chi connectivity index (χ1v) is 10.0. The molecular formula is C16H27N3S2. The van der Waals surface area contributed by atoms with Crippen molar-refractivity contribution in [3.05, 3.63) is 22.8 Å². The molecule has 0 saturated carbocycles. The van der Waals surface area contributed by atoms with E-state index in [0.29, 0.717) is 10.5 Å². The number of hydrogen-bond donors (Lipinski definition) is 1. The van der Waals surface area contributed by atoms with Gasteiger partial charge in [0.05, 0.1) is 5.25 Å². The van der Waals surface area contributed by atoms with Gasteiger partial charge in [-0.2, -0.15) is 11.8 Å². The van der Waals surface area contributed by atoms with Crippen molar-refractivity contribution in [2.45, 2.75) is 51.0 Å². The van der Waals surface area contributed by atoms with Gasteiger partial charge in [0.15, 0.2) is 0 Å². The number of thioether (sulfide) groups is 2. The SMILES string of the molecule is CCCNCCc1c(C)nc(C2SCCSC2C)nc1C. The normalized spacial score (nSPS) is 22.5. The van der Waals surface area contributed by atoms with E-state index in [1.807, 2.05) is 23.5 Å². The maximum atomic E-state index is 4.83. The predicted octanol–water partition coefficient (Wildman–Crippen LogP) is 3.55. The van der Waals surface area contributed by atoms with Crippen LogP contribution >= 0.6 is 23.5 Å². The highest BCUT2D eigenvalue weighted by molar-refractivity contribution is 8.06. The van der Waals surface area contributed by atoms with Gasteiger partial charge in [-0.05, 0) is 45.3 Å². The molecule has 2 rings (SSSR count). The van der Waals surface area contributed by atoms with Crippen molar-refractivity contribution in [3.63, 3.8) is 0 Å². The molecule has 3 nitrogen and oxygen atoms in total. The van der Waals surface area contributed by atoms with Gasteiger partial charge < -0.3 is 5.32 Å². The van der Waals surface area contributed by atoms with Gasteiger partial charge in [-0.1, -0.05) is 13.8 Å². The predicted molar refractivity (Wildman–Crippen MR) is 95.5 cm³/mol. The smallest absolute Gasteiger partial charge is 0.142 e. The first-order chi connectivity index (χ1) is 10.1. The molecule has 1 aliphatic rings. The number of hydrogen-bond acceptors (Lipinski definition) is 5. The standard InChI is InChI=1S/C16H27N3S2/c1-5-7-17-8-6-14-11(2)18-16(19-12(14)3)15-13(4)20-9-10-21-15/h13,15,17H,5-10H2,1-4H3. The van der Waals surface area contributed by atoms with Crippen molar-refractivity contribution in [1.82, 2.24) is 15.3 Å². The van der Waals surface area contributed by atoms with Crippen molar-refractivity contribution in [2.24, 2.45) is 0 Å². The highest BCUT2D eigenvalue weighted by Gasteiger charge is 2.27. The Morgan fingerprint density at radius 2 is 1.76 bits per heavy atom. The van der Waals surface area contributed by atoms with Crippen LogP contribution in [0.5, 0.6) is 0 Å². The molecule has 1 aliphatic heterocycles. The fraction of sp³-hybridized carbons (Fsp3) is 0.750. The summed E-state index contributed by atoms with van der Waals surface area (Å²) in [5, 5.41) is 4.52. The van der Waals surface area contributed by atoms with Crippen molar-refractivity contribution < 1.29 is 0 Å². The van der Waals surface area contributed by atoms with E-state index in [2.05, 4.69) is 33.0 Å². The summed E-state index contributed by atoms with van der Waals surface area (Å²) in [6, 6.07) is 0. The molecule has 2 unspecified atom stereocenters. The molecule has 0 aliphatic carbocycles. The van der Waals surface area contributed by atoms with Gasteiger partial charge in [0, 0.05) is 28.1 Å². The van der Waals surface area contributed by atoms with E-state index in [1.54, 1.807) is 0 Å². The third kappa shape index (κ3) is 4.60. The molecule has 1 saturated heterocycles. The molecule has 1 aromatic heterocycles. The van der Waals surface area contributed by atoms with E-state index in [9.17, 15) is 0 Å². The van der Waals surface area contributed by atoms with Crippen LogP contribution in [0.25, 0.3) is 0 Å². The Morgan fingerprint density at radius 1 is 1.10 bits per heavy atom. The van der Waals surface area contributed by atoms with Crippen LogP contribution in [0.2, 0.25) is 0 Å². The molecule has 21 heavy (non-hydrogen) atoms. The summed E-state index contributed by atoms with van der Waals surface area (Å²) in [7, 11) is 0. The lowest BCUT2D eigenvalue weighted by Gasteiger charge is -2.27. The molecular weight excluding hydrogens is 298 g/mol. The van der Waals surface area contributed by atoms with Crippen molar-refractivity contribution in [3.8, 4) is 0 Å². The van der Waals surface area contributed by atoms with E-state index in [4.69, 9.17) is 9.97 Å². The summed E-state index contributed by atoms with van der Waals surface area (Å²) in [5.74, 6) is 3.51. The average Bonchev–Trinajstić information content (AvgIpc) is 2.46. The summed E-state index contributed by atoms with van der Waals surface area (Å²) in [6.45, 7) is 10.9. The average molecular weight is 326 g/mol. The topological polar surface area (TPSA) is 37.8 Å². The quantitative estimate of drug-likeness (QED) is 0.810. The van der Waals surface area contributed by atoms with Gasteiger partial charge in [0.1, 0.15) is 5.82 Å². The number of nitrogens with zero attached hydrogens (tertiary/aromatic N) is 2. The molecule has 2 heterocycles. The van der Waals surface area contributed by atoms with Gasteiger partial charge in [0.25, 0.3) is 0 Å². The molecule has 1 fully saturated rings. The Bertz CT molecular complexity index is 442. The number of rotatable bonds is 6. The first-order valence-electron chi connectivity index (χ1n) is 7.91. The molecule has 0 spiro atoms. The molecule has 118 valence electrons. The lowest BCUT2D eigenvalue weighted by atomic mass is 10.1. The van der Waals surface area contributed by atoms with Crippen LogP contribution in [0.1, 0.15) is 48.3 Å². The largest absolute Gasteiger partial charge is 0.316 e. The van der Waals surface area contributed by atoms with Crippen LogP contribution in [0, 0.1) is 13.8 Å². The molecule has 0 radical (unpaired) electrons. The maximum absolute atomic E-state index is 4.83. The van der Waals surface area contributed by atoms with Crippen LogP contribution in [0.15, 0.2) is 0 Å². The van der Waals surface area contributed by atoms with Crippen LogP contribution in [-0.4, -0.2) is 39.8 Å². The Labute approximate surface area is 137 Å². The number of aryl methyl sites for hydroxylation is 2. The number of nitrogens with one attached hydrogen (secondary N) is 1. The highest BCUT2D eigenvalue weighted by Crippen LogP contribution is 2.41. The zero-order chi connectivity index (χ0) is 15.2.